The Labute approximate surface area is 152 Å². The lowest BCUT2D eigenvalue weighted by atomic mass is 10.1. The Balaban J connectivity index is 1.98. The minimum atomic E-state index is -0.347. The summed E-state index contributed by atoms with van der Waals surface area (Å²) in [5, 5.41) is 7.43. The normalized spacial score (nSPS) is 10.1. The van der Waals surface area contributed by atoms with E-state index in [2.05, 4.69) is 10.6 Å². The van der Waals surface area contributed by atoms with Crippen LogP contribution < -0.4 is 10.6 Å². The molecule has 0 amide bonds. The molecule has 2 rings (SSSR count). The first-order valence-corrected chi connectivity index (χ1v) is 8.35. The smallest absolute Gasteiger partial charge is 0.338 e. The Kier molecular flexibility index (Phi) is 6.58. The molecule has 24 heavy (non-hydrogen) atoms. The molecular formula is C18H19ClN2O2S. The molecule has 0 aromatic heterocycles. The maximum absolute atomic E-state index is 11.8. The van der Waals surface area contributed by atoms with E-state index in [0.29, 0.717) is 28.9 Å². The number of hydrogen-bond donors (Lipinski definition) is 2. The van der Waals surface area contributed by atoms with Gasteiger partial charge in [0.2, 0.25) is 0 Å². The molecule has 0 unspecified atom stereocenters. The van der Waals surface area contributed by atoms with Gasteiger partial charge in [-0.25, -0.2) is 4.79 Å². The number of thiocarbonyl (C=S) groups is 1. The van der Waals surface area contributed by atoms with Crippen LogP contribution in [0.2, 0.25) is 5.02 Å². The Bertz CT molecular complexity index is 732. The molecule has 126 valence electrons. The van der Waals surface area contributed by atoms with Gasteiger partial charge in [-0.2, -0.15) is 0 Å². The zero-order valence-electron chi connectivity index (χ0n) is 13.6. The van der Waals surface area contributed by atoms with Gasteiger partial charge in [0, 0.05) is 17.3 Å². The third kappa shape index (κ3) is 5.22. The Hall–Kier alpha value is -2.11. The number of halogens is 1. The highest BCUT2D eigenvalue weighted by Gasteiger charge is 2.09. The van der Waals surface area contributed by atoms with E-state index in [1.807, 2.05) is 37.3 Å². The minimum Gasteiger partial charge on any atom is -0.462 e. The van der Waals surface area contributed by atoms with Gasteiger partial charge in [-0.05, 0) is 61.5 Å². The van der Waals surface area contributed by atoms with Gasteiger partial charge >= 0.3 is 5.97 Å². The summed E-state index contributed by atoms with van der Waals surface area (Å²) in [5.41, 5.74) is 3.32. The lowest BCUT2D eigenvalue weighted by Gasteiger charge is -2.14. The molecule has 0 heterocycles. The van der Waals surface area contributed by atoms with E-state index in [-0.39, 0.29) is 5.97 Å². The first-order chi connectivity index (χ1) is 11.5. The van der Waals surface area contributed by atoms with Crippen molar-refractivity contribution in [3.05, 3.63) is 64.2 Å². The van der Waals surface area contributed by atoms with Gasteiger partial charge in [0.05, 0.1) is 12.2 Å². The van der Waals surface area contributed by atoms with E-state index >= 15 is 0 Å². The number of carbonyl (C=O) groups excluding carboxylic acids is 1. The molecule has 0 radical (unpaired) electrons. The predicted octanol–water partition coefficient (Wildman–Crippen LogP) is 4.31. The second-order valence-electron chi connectivity index (χ2n) is 5.18. The second kappa shape index (κ2) is 8.66. The van der Waals surface area contributed by atoms with Crippen LogP contribution in [-0.2, 0) is 11.3 Å². The van der Waals surface area contributed by atoms with Crippen LogP contribution >= 0.6 is 23.8 Å². The molecule has 0 fully saturated rings. The monoisotopic (exact) mass is 362 g/mol. The number of ether oxygens (including phenoxy) is 1. The van der Waals surface area contributed by atoms with Crippen molar-refractivity contribution >= 4 is 40.6 Å². The van der Waals surface area contributed by atoms with Crippen molar-refractivity contribution in [2.24, 2.45) is 0 Å². The van der Waals surface area contributed by atoms with E-state index in [9.17, 15) is 4.79 Å². The summed E-state index contributed by atoms with van der Waals surface area (Å²) in [6.07, 6.45) is 0. The third-order valence-corrected chi connectivity index (χ3v) is 3.86. The summed E-state index contributed by atoms with van der Waals surface area (Å²) >= 11 is 11.2. The van der Waals surface area contributed by atoms with Crippen LogP contribution in [0.15, 0.2) is 42.5 Å². The third-order valence-electron chi connectivity index (χ3n) is 3.36. The Morgan fingerprint density at radius 1 is 1.21 bits per heavy atom. The topological polar surface area (TPSA) is 50.4 Å². The zero-order chi connectivity index (χ0) is 17.5. The highest BCUT2D eigenvalue weighted by Crippen LogP contribution is 2.18. The molecule has 0 saturated heterocycles. The summed E-state index contributed by atoms with van der Waals surface area (Å²) in [6, 6.07) is 12.9. The molecule has 2 aromatic carbocycles. The minimum absolute atomic E-state index is 0.344. The van der Waals surface area contributed by atoms with Crippen molar-refractivity contribution in [2.45, 2.75) is 20.4 Å². The quantitative estimate of drug-likeness (QED) is 0.613. The van der Waals surface area contributed by atoms with E-state index < -0.39 is 0 Å². The number of nitrogens with one attached hydrogen (secondary N) is 2. The number of esters is 1. The van der Waals surface area contributed by atoms with Crippen LogP contribution in [0.25, 0.3) is 0 Å². The number of aryl methyl sites for hydroxylation is 1. The second-order valence-corrected chi connectivity index (χ2v) is 6.03. The van der Waals surface area contributed by atoms with E-state index in [1.165, 1.54) is 0 Å². The lowest BCUT2D eigenvalue weighted by molar-refractivity contribution is 0.0526. The summed E-state index contributed by atoms with van der Waals surface area (Å²) in [4.78, 5) is 11.8. The fraction of sp³-hybridized carbons (Fsp3) is 0.222. The molecule has 0 aliphatic heterocycles. The van der Waals surface area contributed by atoms with Crippen LogP contribution in [0.5, 0.6) is 0 Å². The van der Waals surface area contributed by atoms with Gasteiger partial charge in [0.25, 0.3) is 0 Å². The lowest BCUT2D eigenvalue weighted by Crippen LogP contribution is -2.28. The number of rotatable bonds is 5. The van der Waals surface area contributed by atoms with Crippen LogP contribution in [0.1, 0.15) is 28.4 Å². The summed E-state index contributed by atoms with van der Waals surface area (Å²) < 4.78 is 5.02. The molecule has 0 spiro atoms. The number of hydrogen-bond acceptors (Lipinski definition) is 3. The van der Waals surface area contributed by atoms with Crippen molar-refractivity contribution in [1.82, 2.24) is 5.32 Å². The molecule has 0 aliphatic carbocycles. The SMILES string of the molecule is CCOC(=O)c1ccc(C)c(NC(=S)NCc2ccc(Cl)cc2)c1. The van der Waals surface area contributed by atoms with Gasteiger partial charge in [-0.1, -0.05) is 29.8 Å². The fourth-order valence-electron chi connectivity index (χ4n) is 2.05. The van der Waals surface area contributed by atoms with E-state index in [4.69, 9.17) is 28.6 Å². The van der Waals surface area contributed by atoms with E-state index in [0.717, 1.165) is 16.8 Å². The van der Waals surface area contributed by atoms with Crippen molar-refractivity contribution in [3.63, 3.8) is 0 Å². The number of anilines is 1. The summed E-state index contributed by atoms with van der Waals surface area (Å²) in [6.45, 7) is 4.65. The molecular weight excluding hydrogens is 344 g/mol. The highest BCUT2D eigenvalue weighted by atomic mass is 35.5. The molecule has 0 bridgehead atoms. The predicted molar refractivity (Wildman–Crippen MR) is 102 cm³/mol. The molecule has 2 N–H and O–H groups in total. The molecule has 0 saturated carbocycles. The zero-order valence-corrected chi connectivity index (χ0v) is 15.1. The van der Waals surface area contributed by atoms with Crippen LogP contribution in [-0.4, -0.2) is 17.7 Å². The van der Waals surface area contributed by atoms with Crippen molar-refractivity contribution in [1.29, 1.82) is 0 Å². The number of carbonyl (C=O) groups is 1. The van der Waals surface area contributed by atoms with Crippen LogP contribution in [0.4, 0.5) is 5.69 Å². The van der Waals surface area contributed by atoms with Gasteiger partial charge in [-0.3, -0.25) is 0 Å². The van der Waals surface area contributed by atoms with Gasteiger partial charge in [-0.15, -0.1) is 0 Å². The average Bonchev–Trinajstić information content (AvgIpc) is 2.56. The Morgan fingerprint density at radius 2 is 1.92 bits per heavy atom. The standard InChI is InChI=1S/C18H19ClN2O2S/c1-3-23-17(22)14-7-4-12(2)16(10-14)21-18(24)20-11-13-5-8-15(19)9-6-13/h4-10H,3,11H2,1-2H3,(H2,20,21,24). The summed E-state index contributed by atoms with van der Waals surface area (Å²) in [5.74, 6) is -0.347. The first kappa shape index (κ1) is 18.2. The fourth-order valence-corrected chi connectivity index (χ4v) is 2.36. The number of benzene rings is 2. The van der Waals surface area contributed by atoms with Crippen molar-refractivity contribution in [2.75, 3.05) is 11.9 Å². The van der Waals surface area contributed by atoms with Crippen LogP contribution in [0.3, 0.4) is 0 Å². The van der Waals surface area contributed by atoms with Crippen molar-refractivity contribution < 1.29 is 9.53 Å². The van der Waals surface area contributed by atoms with E-state index in [1.54, 1.807) is 19.1 Å². The maximum atomic E-state index is 11.8. The molecule has 0 aliphatic rings. The molecule has 6 heteroatoms. The molecule has 0 atom stereocenters. The van der Waals surface area contributed by atoms with Gasteiger partial charge in [0.1, 0.15) is 0 Å². The first-order valence-electron chi connectivity index (χ1n) is 7.56. The summed E-state index contributed by atoms with van der Waals surface area (Å²) in [7, 11) is 0. The Morgan fingerprint density at radius 3 is 2.58 bits per heavy atom. The van der Waals surface area contributed by atoms with Gasteiger partial charge in [0.15, 0.2) is 5.11 Å². The van der Waals surface area contributed by atoms with Gasteiger partial charge < -0.3 is 15.4 Å². The van der Waals surface area contributed by atoms with Crippen molar-refractivity contribution in [3.8, 4) is 0 Å². The largest absolute Gasteiger partial charge is 0.462 e. The molecule has 2 aromatic rings. The van der Waals surface area contributed by atoms with Crippen LogP contribution in [0, 0.1) is 6.92 Å². The maximum Gasteiger partial charge on any atom is 0.338 e. The molecule has 4 nitrogen and oxygen atoms in total. The average molecular weight is 363 g/mol. The highest BCUT2D eigenvalue weighted by molar-refractivity contribution is 7.80.